The first-order valence-corrected chi connectivity index (χ1v) is 7.30. The molecule has 0 aromatic carbocycles. The van der Waals surface area contributed by atoms with Crippen molar-refractivity contribution in [3.63, 3.8) is 0 Å². The number of aryl methyl sites for hydroxylation is 1. The van der Waals surface area contributed by atoms with E-state index in [1.807, 2.05) is 13.8 Å². The third-order valence-electron chi connectivity index (χ3n) is 3.80. The highest BCUT2D eigenvalue weighted by Gasteiger charge is 2.27. The van der Waals surface area contributed by atoms with Gasteiger partial charge in [-0.05, 0) is 13.3 Å². The van der Waals surface area contributed by atoms with Gasteiger partial charge in [0.2, 0.25) is 0 Å². The van der Waals surface area contributed by atoms with Gasteiger partial charge in [-0.1, -0.05) is 19.0 Å². The normalized spacial score (nSPS) is 14.3. The Morgan fingerprint density at radius 2 is 2.23 bits per heavy atom. The number of nitrogens with zero attached hydrogens (tertiary/aromatic N) is 3. The molecule has 1 N–H and O–H groups in total. The maximum absolute atomic E-state index is 12.5. The summed E-state index contributed by atoms with van der Waals surface area (Å²) >= 11 is 0. The number of amides is 1. The molecule has 1 aliphatic rings. The number of H-pyrrole nitrogens is 1. The number of carbonyl (C=O) groups excluding carboxylic acids is 1. The van der Waals surface area contributed by atoms with Gasteiger partial charge in [0.15, 0.2) is 5.69 Å². The molecule has 0 unspecified atom stereocenters. The van der Waals surface area contributed by atoms with Crippen LogP contribution in [0.15, 0.2) is 15.4 Å². The van der Waals surface area contributed by atoms with E-state index in [2.05, 4.69) is 15.1 Å². The second-order valence-electron chi connectivity index (χ2n) is 5.82. The molecule has 2 aromatic rings. The Morgan fingerprint density at radius 3 is 2.91 bits per heavy atom. The molecule has 1 amide bonds. The molecular formula is C15H18N4O3. The molecule has 0 fully saturated rings. The minimum absolute atomic E-state index is 0.113. The van der Waals surface area contributed by atoms with Crippen molar-refractivity contribution in [1.29, 1.82) is 0 Å². The molecule has 0 saturated heterocycles. The van der Waals surface area contributed by atoms with Crippen LogP contribution in [-0.2, 0) is 13.0 Å². The van der Waals surface area contributed by atoms with E-state index in [0.29, 0.717) is 48.0 Å². The van der Waals surface area contributed by atoms with Gasteiger partial charge in [0.05, 0.1) is 12.2 Å². The third-order valence-corrected chi connectivity index (χ3v) is 3.80. The zero-order valence-electron chi connectivity index (χ0n) is 12.8. The Bertz CT molecular complexity index is 775. The fraction of sp³-hybridized carbons (Fsp3) is 0.467. The van der Waals surface area contributed by atoms with Gasteiger partial charge in [0.1, 0.15) is 11.6 Å². The van der Waals surface area contributed by atoms with Crippen molar-refractivity contribution in [2.75, 3.05) is 6.54 Å². The van der Waals surface area contributed by atoms with E-state index in [0.717, 1.165) is 0 Å². The maximum atomic E-state index is 12.5. The summed E-state index contributed by atoms with van der Waals surface area (Å²) in [4.78, 5) is 33.1. The first-order chi connectivity index (χ1) is 10.5. The predicted molar refractivity (Wildman–Crippen MR) is 78.6 cm³/mol. The van der Waals surface area contributed by atoms with Crippen LogP contribution in [0.1, 0.15) is 53.1 Å². The van der Waals surface area contributed by atoms with Crippen molar-refractivity contribution in [3.8, 4) is 0 Å². The number of rotatable bonds is 2. The first-order valence-electron chi connectivity index (χ1n) is 7.30. The van der Waals surface area contributed by atoms with Crippen LogP contribution in [0.2, 0.25) is 0 Å². The van der Waals surface area contributed by atoms with Gasteiger partial charge in [-0.15, -0.1) is 0 Å². The van der Waals surface area contributed by atoms with Crippen LogP contribution in [0.5, 0.6) is 0 Å². The molecule has 7 nitrogen and oxygen atoms in total. The van der Waals surface area contributed by atoms with Gasteiger partial charge in [0.25, 0.3) is 11.5 Å². The smallest absolute Gasteiger partial charge is 0.276 e. The number of aromatic amines is 1. The fourth-order valence-electron chi connectivity index (χ4n) is 2.56. The number of hydrogen-bond donors (Lipinski definition) is 1. The van der Waals surface area contributed by atoms with Crippen LogP contribution < -0.4 is 5.56 Å². The van der Waals surface area contributed by atoms with E-state index in [-0.39, 0.29) is 17.4 Å². The molecule has 0 radical (unpaired) electrons. The molecule has 0 bridgehead atoms. The van der Waals surface area contributed by atoms with Crippen LogP contribution >= 0.6 is 0 Å². The molecule has 2 aromatic heterocycles. The van der Waals surface area contributed by atoms with Crippen LogP contribution in [-0.4, -0.2) is 32.5 Å². The molecule has 0 spiro atoms. The molecular weight excluding hydrogens is 284 g/mol. The van der Waals surface area contributed by atoms with Crippen molar-refractivity contribution in [2.24, 2.45) is 0 Å². The summed E-state index contributed by atoms with van der Waals surface area (Å²) in [5, 5.41) is 3.85. The minimum Gasteiger partial charge on any atom is -0.360 e. The molecule has 0 aliphatic carbocycles. The number of hydrogen-bond acceptors (Lipinski definition) is 5. The van der Waals surface area contributed by atoms with Crippen LogP contribution in [0.25, 0.3) is 0 Å². The summed E-state index contributed by atoms with van der Waals surface area (Å²) < 4.78 is 5.18. The average molecular weight is 302 g/mol. The summed E-state index contributed by atoms with van der Waals surface area (Å²) in [6.07, 6.45) is 0.499. The van der Waals surface area contributed by atoms with E-state index in [9.17, 15) is 9.59 Å². The third kappa shape index (κ3) is 2.54. The highest BCUT2D eigenvalue weighted by atomic mass is 16.5. The molecule has 0 saturated carbocycles. The van der Waals surface area contributed by atoms with E-state index in [1.165, 1.54) is 0 Å². The molecule has 3 rings (SSSR count). The van der Waals surface area contributed by atoms with E-state index >= 15 is 0 Å². The summed E-state index contributed by atoms with van der Waals surface area (Å²) in [6, 6.07) is 1.68. The van der Waals surface area contributed by atoms with E-state index in [1.54, 1.807) is 17.9 Å². The Balaban J connectivity index is 1.84. The number of carbonyl (C=O) groups is 1. The van der Waals surface area contributed by atoms with Gasteiger partial charge in [-0.25, -0.2) is 4.98 Å². The Morgan fingerprint density at radius 1 is 1.45 bits per heavy atom. The van der Waals surface area contributed by atoms with Crippen molar-refractivity contribution >= 4 is 5.91 Å². The SMILES string of the molecule is Cc1nc2c(c(=O)[nH]1)CCN(C(=O)c1cc(C(C)C)on1)C2. The Kier molecular flexibility index (Phi) is 3.56. The first kappa shape index (κ1) is 14.5. The van der Waals surface area contributed by atoms with E-state index in [4.69, 9.17) is 4.52 Å². The quantitative estimate of drug-likeness (QED) is 0.905. The van der Waals surface area contributed by atoms with Crippen molar-refractivity contribution in [1.82, 2.24) is 20.0 Å². The van der Waals surface area contributed by atoms with E-state index < -0.39 is 0 Å². The Hall–Kier alpha value is -2.44. The molecule has 116 valence electrons. The number of nitrogens with one attached hydrogen (secondary N) is 1. The van der Waals surface area contributed by atoms with Gasteiger partial charge in [0, 0.05) is 24.1 Å². The zero-order valence-corrected chi connectivity index (χ0v) is 12.8. The van der Waals surface area contributed by atoms with Crippen molar-refractivity contribution < 1.29 is 9.32 Å². The van der Waals surface area contributed by atoms with Gasteiger partial charge in [-0.2, -0.15) is 0 Å². The van der Waals surface area contributed by atoms with Crippen molar-refractivity contribution in [2.45, 2.75) is 39.7 Å². The lowest BCUT2D eigenvalue weighted by Gasteiger charge is -2.26. The zero-order chi connectivity index (χ0) is 15.9. The van der Waals surface area contributed by atoms with Crippen LogP contribution in [0.3, 0.4) is 0 Å². The number of fused-ring (bicyclic) bond motifs is 1. The molecule has 0 atom stereocenters. The largest absolute Gasteiger partial charge is 0.360 e. The summed E-state index contributed by atoms with van der Waals surface area (Å²) in [5.41, 5.74) is 1.51. The lowest BCUT2D eigenvalue weighted by Crippen LogP contribution is -2.39. The molecule has 1 aliphatic heterocycles. The van der Waals surface area contributed by atoms with Crippen LogP contribution in [0.4, 0.5) is 0 Å². The topological polar surface area (TPSA) is 92.1 Å². The minimum atomic E-state index is -0.193. The average Bonchev–Trinajstić information content (AvgIpc) is 2.95. The lowest BCUT2D eigenvalue weighted by molar-refractivity contribution is 0.0720. The second-order valence-corrected chi connectivity index (χ2v) is 5.82. The highest BCUT2D eigenvalue weighted by Crippen LogP contribution is 2.19. The highest BCUT2D eigenvalue weighted by molar-refractivity contribution is 5.92. The maximum Gasteiger partial charge on any atom is 0.276 e. The Labute approximate surface area is 127 Å². The molecule has 3 heterocycles. The second kappa shape index (κ2) is 5.40. The fourth-order valence-corrected chi connectivity index (χ4v) is 2.56. The predicted octanol–water partition coefficient (Wildman–Crippen LogP) is 1.39. The van der Waals surface area contributed by atoms with Gasteiger partial charge >= 0.3 is 0 Å². The lowest BCUT2D eigenvalue weighted by atomic mass is 10.1. The number of aromatic nitrogens is 3. The molecule has 22 heavy (non-hydrogen) atoms. The summed E-state index contributed by atoms with van der Waals surface area (Å²) in [5.74, 6) is 1.23. The van der Waals surface area contributed by atoms with Gasteiger partial charge < -0.3 is 14.4 Å². The standard InChI is InChI=1S/C15H18N4O3/c1-8(2)13-6-11(18-22-13)15(21)19-5-4-10-12(7-19)16-9(3)17-14(10)20/h6,8H,4-5,7H2,1-3H3,(H,16,17,20). The monoisotopic (exact) mass is 302 g/mol. The summed E-state index contributed by atoms with van der Waals surface area (Å²) in [6.45, 7) is 6.48. The van der Waals surface area contributed by atoms with Crippen molar-refractivity contribution in [3.05, 3.63) is 45.0 Å². The van der Waals surface area contributed by atoms with Gasteiger partial charge in [-0.3, -0.25) is 9.59 Å². The summed E-state index contributed by atoms with van der Waals surface area (Å²) in [7, 11) is 0. The molecule has 7 heteroatoms. The van der Waals surface area contributed by atoms with Crippen LogP contribution in [0, 0.1) is 6.92 Å².